The highest BCUT2D eigenvalue weighted by Gasteiger charge is 2.41. The molecule has 0 aromatic heterocycles. The summed E-state index contributed by atoms with van der Waals surface area (Å²) in [5.74, 6) is -0.546. The molecule has 0 saturated carbocycles. The second-order valence-electron chi connectivity index (χ2n) is 5.01. The molecule has 1 aromatic rings. The molecule has 2 heterocycles. The molecule has 0 aliphatic carbocycles. The molecule has 2 aliphatic heterocycles. The number of carbonyl (C=O) groups excluding carboxylic acids is 1. The highest BCUT2D eigenvalue weighted by molar-refractivity contribution is 6.31. The van der Waals surface area contributed by atoms with E-state index in [2.05, 4.69) is 10.6 Å². The number of ether oxygens (including phenoxy) is 1. The minimum Gasteiger partial charge on any atom is -0.382 e. The van der Waals surface area contributed by atoms with Gasteiger partial charge in [-0.2, -0.15) is 0 Å². The first-order chi connectivity index (χ1) is 9.11. The van der Waals surface area contributed by atoms with Crippen LogP contribution in [0.15, 0.2) is 12.1 Å². The smallest absolute Gasteiger partial charge is 0.232 e. The number of anilines is 2. The minimum atomic E-state index is -0.495. The quantitative estimate of drug-likeness (QED) is 0.770. The van der Waals surface area contributed by atoms with Crippen molar-refractivity contribution in [2.45, 2.75) is 12.8 Å². The molecule has 2 N–H and O–H groups in total. The zero-order valence-corrected chi connectivity index (χ0v) is 11.0. The first kappa shape index (κ1) is 12.7. The Morgan fingerprint density at radius 1 is 1.26 bits per heavy atom. The van der Waals surface area contributed by atoms with Crippen LogP contribution in [0, 0.1) is 11.2 Å². The fourth-order valence-electron chi connectivity index (χ4n) is 2.56. The topological polar surface area (TPSA) is 50.4 Å². The highest BCUT2D eigenvalue weighted by atomic mass is 35.5. The number of rotatable bonds is 0. The Labute approximate surface area is 115 Å². The molecule has 2 aliphatic rings. The average Bonchev–Trinajstić information content (AvgIpc) is 2.52. The van der Waals surface area contributed by atoms with Crippen molar-refractivity contribution in [2.24, 2.45) is 5.41 Å². The lowest BCUT2D eigenvalue weighted by molar-refractivity contribution is -0.129. The van der Waals surface area contributed by atoms with Gasteiger partial charge in [-0.15, -0.1) is 0 Å². The number of amides is 1. The van der Waals surface area contributed by atoms with Crippen molar-refractivity contribution in [3.63, 3.8) is 0 Å². The molecule has 1 amide bonds. The van der Waals surface area contributed by atoms with Crippen molar-refractivity contribution in [1.29, 1.82) is 0 Å². The molecule has 4 nitrogen and oxygen atoms in total. The van der Waals surface area contributed by atoms with E-state index in [1.807, 2.05) is 0 Å². The molecule has 0 unspecified atom stereocenters. The maximum Gasteiger partial charge on any atom is 0.232 e. The van der Waals surface area contributed by atoms with Gasteiger partial charge in [-0.25, -0.2) is 4.39 Å². The van der Waals surface area contributed by atoms with Crippen molar-refractivity contribution in [1.82, 2.24) is 0 Å². The van der Waals surface area contributed by atoms with Gasteiger partial charge >= 0.3 is 0 Å². The van der Waals surface area contributed by atoms with Gasteiger partial charge < -0.3 is 15.4 Å². The number of halogens is 2. The maximum atomic E-state index is 13.5. The maximum absolute atomic E-state index is 13.5. The van der Waals surface area contributed by atoms with Gasteiger partial charge in [0.05, 0.1) is 21.8 Å². The number of benzene rings is 1. The summed E-state index contributed by atoms with van der Waals surface area (Å²) in [7, 11) is 0. The summed E-state index contributed by atoms with van der Waals surface area (Å²) < 4.78 is 18.8. The molecule has 1 spiro atoms. The van der Waals surface area contributed by atoms with Gasteiger partial charge in [0.1, 0.15) is 5.82 Å². The van der Waals surface area contributed by atoms with E-state index in [9.17, 15) is 9.18 Å². The molecule has 0 bridgehead atoms. The molecule has 6 heteroatoms. The van der Waals surface area contributed by atoms with Crippen LogP contribution in [-0.2, 0) is 9.53 Å². The van der Waals surface area contributed by atoms with Gasteiger partial charge in [0.25, 0.3) is 0 Å². The van der Waals surface area contributed by atoms with E-state index >= 15 is 0 Å². The molecule has 1 aromatic carbocycles. The monoisotopic (exact) mass is 284 g/mol. The van der Waals surface area contributed by atoms with Crippen LogP contribution in [0.2, 0.25) is 5.02 Å². The van der Waals surface area contributed by atoms with Gasteiger partial charge in [-0.3, -0.25) is 4.79 Å². The van der Waals surface area contributed by atoms with E-state index in [0.29, 0.717) is 44.0 Å². The summed E-state index contributed by atoms with van der Waals surface area (Å²) in [6, 6.07) is 2.76. The van der Waals surface area contributed by atoms with Crippen LogP contribution in [0.1, 0.15) is 12.8 Å². The Balaban J connectivity index is 1.95. The Hall–Kier alpha value is -1.33. The number of carbonyl (C=O) groups is 1. The van der Waals surface area contributed by atoms with Gasteiger partial charge in [-0.1, -0.05) is 11.6 Å². The predicted molar refractivity (Wildman–Crippen MR) is 71.0 cm³/mol. The van der Waals surface area contributed by atoms with E-state index in [1.54, 1.807) is 0 Å². The zero-order valence-electron chi connectivity index (χ0n) is 10.3. The Morgan fingerprint density at radius 3 is 2.74 bits per heavy atom. The fraction of sp³-hybridized carbons (Fsp3) is 0.462. The third-order valence-electron chi connectivity index (χ3n) is 3.86. The third kappa shape index (κ3) is 2.17. The number of nitrogens with one attached hydrogen (secondary N) is 2. The van der Waals surface area contributed by atoms with E-state index < -0.39 is 11.2 Å². The second kappa shape index (κ2) is 4.65. The largest absolute Gasteiger partial charge is 0.382 e. The SMILES string of the molecule is O=C1Nc2cc(Cl)c(F)cc2NCC12CCOCC2. The Bertz CT molecular complexity index is 530. The minimum absolute atomic E-state index is 0.00350. The van der Waals surface area contributed by atoms with Gasteiger partial charge in [-0.05, 0) is 18.9 Å². The number of fused-ring (bicyclic) bond motifs is 1. The van der Waals surface area contributed by atoms with Crippen molar-refractivity contribution < 1.29 is 13.9 Å². The van der Waals surface area contributed by atoms with Gasteiger partial charge in [0.2, 0.25) is 5.91 Å². The lowest BCUT2D eigenvalue weighted by Crippen LogP contribution is -2.44. The van der Waals surface area contributed by atoms with Crippen LogP contribution in [-0.4, -0.2) is 25.7 Å². The van der Waals surface area contributed by atoms with E-state index in [4.69, 9.17) is 16.3 Å². The average molecular weight is 285 g/mol. The van der Waals surface area contributed by atoms with Crippen molar-refractivity contribution in [2.75, 3.05) is 30.4 Å². The van der Waals surface area contributed by atoms with Crippen molar-refractivity contribution in [3.05, 3.63) is 23.0 Å². The molecule has 3 rings (SSSR count). The molecular weight excluding hydrogens is 271 g/mol. The Kier molecular flexibility index (Phi) is 3.11. The molecular formula is C13H14ClFN2O2. The summed E-state index contributed by atoms with van der Waals surface area (Å²) in [6.07, 6.45) is 1.33. The second-order valence-corrected chi connectivity index (χ2v) is 5.42. The standard InChI is InChI=1S/C13H14ClFN2O2/c14-8-5-11-10(6-9(8)15)16-7-13(12(18)17-11)1-3-19-4-2-13/h5-6,16H,1-4,7H2,(H,17,18). The number of hydrogen-bond donors (Lipinski definition) is 2. The molecule has 1 saturated heterocycles. The van der Waals surface area contributed by atoms with Crippen molar-refractivity contribution in [3.8, 4) is 0 Å². The van der Waals surface area contributed by atoms with Crippen LogP contribution in [0.4, 0.5) is 15.8 Å². The zero-order chi connectivity index (χ0) is 13.5. The normalized spacial score (nSPS) is 21.3. The first-order valence-electron chi connectivity index (χ1n) is 6.23. The summed E-state index contributed by atoms with van der Waals surface area (Å²) in [5.41, 5.74) is 0.610. The summed E-state index contributed by atoms with van der Waals surface area (Å²) in [6.45, 7) is 1.62. The fourth-order valence-corrected chi connectivity index (χ4v) is 2.73. The summed E-state index contributed by atoms with van der Waals surface area (Å²) in [5, 5.41) is 5.99. The molecule has 1 fully saturated rings. The van der Waals surface area contributed by atoms with Crippen LogP contribution >= 0.6 is 11.6 Å². The lowest BCUT2D eigenvalue weighted by atomic mass is 9.79. The van der Waals surface area contributed by atoms with Crippen LogP contribution in [0.3, 0.4) is 0 Å². The van der Waals surface area contributed by atoms with Crippen LogP contribution in [0.5, 0.6) is 0 Å². The third-order valence-corrected chi connectivity index (χ3v) is 4.15. The van der Waals surface area contributed by atoms with Crippen LogP contribution < -0.4 is 10.6 Å². The summed E-state index contributed by atoms with van der Waals surface area (Å²) in [4.78, 5) is 12.4. The van der Waals surface area contributed by atoms with E-state index in [0.717, 1.165) is 0 Å². The molecule has 0 radical (unpaired) electrons. The highest BCUT2D eigenvalue weighted by Crippen LogP contribution is 2.38. The van der Waals surface area contributed by atoms with Crippen LogP contribution in [0.25, 0.3) is 0 Å². The number of hydrogen-bond acceptors (Lipinski definition) is 3. The first-order valence-corrected chi connectivity index (χ1v) is 6.61. The van der Waals surface area contributed by atoms with Gasteiger partial charge in [0, 0.05) is 25.8 Å². The van der Waals surface area contributed by atoms with Gasteiger partial charge in [0.15, 0.2) is 0 Å². The van der Waals surface area contributed by atoms with E-state index in [-0.39, 0.29) is 10.9 Å². The Morgan fingerprint density at radius 2 is 2.00 bits per heavy atom. The summed E-state index contributed by atoms with van der Waals surface area (Å²) >= 11 is 5.75. The van der Waals surface area contributed by atoms with E-state index in [1.165, 1.54) is 12.1 Å². The molecule has 0 atom stereocenters. The molecule has 19 heavy (non-hydrogen) atoms. The van der Waals surface area contributed by atoms with Crippen molar-refractivity contribution >= 4 is 28.9 Å². The lowest BCUT2D eigenvalue weighted by Gasteiger charge is -2.34. The molecule has 102 valence electrons. The predicted octanol–water partition coefficient (Wildman–Crippen LogP) is 2.64.